The van der Waals surface area contributed by atoms with Crippen LogP contribution >= 0.6 is 22.9 Å². The van der Waals surface area contributed by atoms with Crippen molar-refractivity contribution in [2.45, 2.75) is 19.9 Å². The molecule has 0 spiro atoms. The van der Waals surface area contributed by atoms with Gasteiger partial charge in [-0.3, -0.25) is 15.2 Å². The van der Waals surface area contributed by atoms with Crippen molar-refractivity contribution < 1.29 is 4.79 Å². The number of likely N-dealkylation sites (N-methyl/N-ethyl adjacent to an activating group) is 1. The fourth-order valence-corrected chi connectivity index (χ4v) is 3.78. The highest BCUT2D eigenvalue weighted by Gasteiger charge is 2.18. The highest BCUT2D eigenvalue weighted by molar-refractivity contribution is 7.16. The summed E-state index contributed by atoms with van der Waals surface area (Å²) in [5.74, 6) is 0. The first-order chi connectivity index (χ1) is 10.6. The van der Waals surface area contributed by atoms with Crippen molar-refractivity contribution in [1.29, 1.82) is 0 Å². The third-order valence-corrected chi connectivity index (χ3v) is 4.89. The predicted molar refractivity (Wildman–Crippen MR) is 90.9 cm³/mol. The topological polar surface area (TPSA) is 57.3 Å². The van der Waals surface area contributed by atoms with Gasteiger partial charge in [0.1, 0.15) is 0 Å². The standard InChI is InChI=1S/C15H17ClN4OS/c1-2-20-4-3-10-5-14(22-13(10)9-20)19-15(21)18-12-6-11(16)7-17-8-12/h5-8H,2-4,9H2,1H3,(H2,18,19,21). The number of thiophene rings is 1. The molecule has 0 fully saturated rings. The quantitative estimate of drug-likeness (QED) is 0.895. The molecule has 22 heavy (non-hydrogen) atoms. The summed E-state index contributed by atoms with van der Waals surface area (Å²) in [6.07, 6.45) is 4.13. The van der Waals surface area contributed by atoms with Crippen molar-refractivity contribution in [2.24, 2.45) is 0 Å². The Morgan fingerprint density at radius 1 is 1.41 bits per heavy atom. The Bertz CT molecular complexity index is 688. The van der Waals surface area contributed by atoms with Crippen LogP contribution in [0.2, 0.25) is 5.02 Å². The number of hydrogen-bond donors (Lipinski definition) is 2. The Morgan fingerprint density at radius 2 is 2.27 bits per heavy atom. The lowest BCUT2D eigenvalue weighted by Crippen LogP contribution is -2.28. The molecule has 2 aromatic heterocycles. The molecule has 0 unspecified atom stereocenters. The number of carbonyl (C=O) groups excluding carboxylic acids is 1. The van der Waals surface area contributed by atoms with Crippen molar-refractivity contribution in [3.63, 3.8) is 0 Å². The third kappa shape index (κ3) is 3.58. The number of fused-ring (bicyclic) bond motifs is 1. The normalized spacial score (nSPS) is 14.5. The number of amides is 2. The van der Waals surface area contributed by atoms with Gasteiger partial charge in [0.25, 0.3) is 0 Å². The van der Waals surface area contributed by atoms with E-state index in [4.69, 9.17) is 11.6 Å². The number of rotatable bonds is 3. The molecule has 0 saturated heterocycles. The number of urea groups is 1. The predicted octanol–water partition coefficient (Wildman–Crippen LogP) is 3.82. The third-order valence-electron chi connectivity index (χ3n) is 3.61. The van der Waals surface area contributed by atoms with E-state index in [1.807, 2.05) is 0 Å². The monoisotopic (exact) mass is 336 g/mol. The highest BCUT2D eigenvalue weighted by Crippen LogP contribution is 2.31. The summed E-state index contributed by atoms with van der Waals surface area (Å²) >= 11 is 7.49. The number of hydrogen-bond acceptors (Lipinski definition) is 4. The minimum atomic E-state index is -0.282. The number of nitrogens with zero attached hydrogens (tertiary/aromatic N) is 2. The summed E-state index contributed by atoms with van der Waals surface area (Å²) in [5, 5.41) is 6.97. The molecule has 0 saturated carbocycles. The lowest BCUT2D eigenvalue weighted by Gasteiger charge is -2.24. The zero-order valence-corrected chi connectivity index (χ0v) is 13.8. The van der Waals surface area contributed by atoms with E-state index in [2.05, 4.69) is 33.5 Å². The molecular weight excluding hydrogens is 320 g/mol. The first-order valence-corrected chi connectivity index (χ1v) is 8.36. The van der Waals surface area contributed by atoms with Crippen molar-refractivity contribution in [3.05, 3.63) is 40.0 Å². The fraction of sp³-hybridized carbons (Fsp3) is 0.333. The molecule has 7 heteroatoms. The van der Waals surface area contributed by atoms with Crippen LogP contribution in [0, 0.1) is 0 Å². The Balaban J connectivity index is 1.64. The molecule has 1 aliphatic heterocycles. The van der Waals surface area contributed by atoms with E-state index >= 15 is 0 Å². The van der Waals surface area contributed by atoms with Crippen molar-refractivity contribution in [2.75, 3.05) is 23.7 Å². The first-order valence-electron chi connectivity index (χ1n) is 7.16. The molecule has 2 aromatic rings. The summed E-state index contributed by atoms with van der Waals surface area (Å²) in [6.45, 7) is 5.28. The molecule has 1 aliphatic rings. The van der Waals surface area contributed by atoms with Gasteiger partial charge in [-0.1, -0.05) is 18.5 Å². The van der Waals surface area contributed by atoms with Crippen LogP contribution < -0.4 is 10.6 Å². The van der Waals surface area contributed by atoms with Gasteiger partial charge in [-0.05, 0) is 30.7 Å². The summed E-state index contributed by atoms with van der Waals surface area (Å²) in [5.41, 5.74) is 1.91. The maximum atomic E-state index is 12.0. The maximum Gasteiger partial charge on any atom is 0.324 e. The molecule has 0 aromatic carbocycles. The van der Waals surface area contributed by atoms with Crippen molar-refractivity contribution in [1.82, 2.24) is 9.88 Å². The average molecular weight is 337 g/mol. The van der Waals surface area contributed by atoms with Crippen LogP contribution in [0.15, 0.2) is 24.5 Å². The van der Waals surface area contributed by atoms with E-state index < -0.39 is 0 Å². The van der Waals surface area contributed by atoms with Gasteiger partial charge in [0, 0.05) is 24.2 Å². The molecule has 3 heterocycles. The van der Waals surface area contributed by atoms with E-state index in [0.717, 1.165) is 31.1 Å². The van der Waals surface area contributed by atoms with Crippen molar-refractivity contribution in [3.8, 4) is 0 Å². The Kier molecular flexibility index (Phi) is 4.61. The second kappa shape index (κ2) is 6.64. The molecule has 3 rings (SSSR count). The molecule has 2 N–H and O–H groups in total. The Morgan fingerprint density at radius 3 is 3.05 bits per heavy atom. The van der Waals surface area contributed by atoms with E-state index in [0.29, 0.717) is 10.7 Å². The van der Waals surface area contributed by atoms with E-state index in [-0.39, 0.29) is 6.03 Å². The van der Waals surface area contributed by atoms with Crippen molar-refractivity contribution >= 4 is 39.7 Å². The van der Waals surface area contributed by atoms with Gasteiger partial charge in [0.05, 0.1) is 21.9 Å². The van der Waals surface area contributed by atoms with Gasteiger partial charge >= 0.3 is 6.03 Å². The summed E-state index contributed by atoms with van der Waals surface area (Å²) in [6, 6.07) is 3.45. The smallest absolute Gasteiger partial charge is 0.306 e. The molecule has 0 radical (unpaired) electrons. The molecule has 0 atom stereocenters. The Hall–Kier alpha value is -1.63. The molecule has 116 valence electrons. The van der Waals surface area contributed by atoms with Gasteiger partial charge < -0.3 is 5.32 Å². The lowest BCUT2D eigenvalue weighted by atomic mass is 10.1. The molecule has 0 bridgehead atoms. The van der Waals surface area contributed by atoms with Gasteiger partial charge in [0.15, 0.2) is 0 Å². The lowest BCUT2D eigenvalue weighted by molar-refractivity contribution is 0.262. The summed E-state index contributed by atoms with van der Waals surface area (Å²) in [4.78, 5) is 19.7. The largest absolute Gasteiger partial charge is 0.324 e. The van der Waals surface area contributed by atoms with Crippen LogP contribution in [-0.2, 0) is 13.0 Å². The SMILES string of the molecule is CCN1CCc2cc(NC(=O)Nc3cncc(Cl)c3)sc2C1. The number of anilines is 2. The number of carbonyl (C=O) groups is 1. The van der Waals surface area contributed by atoms with Crippen LogP contribution in [0.3, 0.4) is 0 Å². The maximum absolute atomic E-state index is 12.0. The number of halogens is 1. The van der Waals surface area contributed by atoms with Crippen LogP contribution in [0.1, 0.15) is 17.4 Å². The molecular formula is C15H17ClN4OS. The van der Waals surface area contributed by atoms with Crippen LogP contribution in [0.4, 0.5) is 15.5 Å². The summed E-state index contributed by atoms with van der Waals surface area (Å²) in [7, 11) is 0. The van der Waals surface area contributed by atoms with Gasteiger partial charge in [-0.25, -0.2) is 4.79 Å². The summed E-state index contributed by atoms with van der Waals surface area (Å²) < 4.78 is 0. The second-order valence-corrected chi connectivity index (χ2v) is 6.72. The van der Waals surface area contributed by atoms with E-state index in [1.165, 1.54) is 16.6 Å². The number of pyridine rings is 1. The Labute approximate surface area is 138 Å². The van der Waals surface area contributed by atoms with Gasteiger partial charge in [-0.15, -0.1) is 11.3 Å². The van der Waals surface area contributed by atoms with Crippen LogP contribution in [0.25, 0.3) is 0 Å². The van der Waals surface area contributed by atoms with Crippen LogP contribution in [-0.4, -0.2) is 29.0 Å². The zero-order valence-electron chi connectivity index (χ0n) is 12.2. The fourth-order valence-electron chi connectivity index (χ4n) is 2.46. The number of aromatic nitrogens is 1. The second-order valence-electron chi connectivity index (χ2n) is 5.15. The molecule has 2 amide bonds. The van der Waals surface area contributed by atoms with Crippen LogP contribution in [0.5, 0.6) is 0 Å². The molecule has 0 aliphatic carbocycles. The number of nitrogens with one attached hydrogen (secondary N) is 2. The van der Waals surface area contributed by atoms with Gasteiger partial charge in [-0.2, -0.15) is 0 Å². The molecule has 5 nitrogen and oxygen atoms in total. The minimum Gasteiger partial charge on any atom is -0.306 e. The zero-order chi connectivity index (χ0) is 15.5. The first kappa shape index (κ1) is 15.3. The van der Waals surface area contributed by atoms with E-state index in [9.17, 15) is 4.79 Å². The van der Waals surface area contributed by atoms with Gasteiger partial charge in [0.2, 0.25) is 0 Å². The average Bonchev–Trinajstić information content (AvgIpc) is 2.87. The minimum absolute atomic E-state index is 0.282. The highest BCUT2D eigenvalue weighted by atomic mass is 35.5. The van der Waals surface area contributed by atoms with E-state index in [1.54, 1.807) is 23.6 Å².